The minimum Gasteiger partial charge on any atom is -0.465 e. The molecule has 0 spiro atoms. The van der Waals surface area contributed by atoms with Gasteiger partial charge in [-0.2, -0.15) is 0 Å². The molecule has 0 bridgehead atoms. The van der Waals surface area contributed by atoms with E-state index in [2.05, 4.69) is 10.2 Å². The topological polar surface area (TPSA) is 67.9 Å². The Kier molecular flexibility index (Phi) is 6.16. The molecule has 7 heteroatoms. The fraction of sp³-hybridized carbons (Fsp3) is 0.556. The molecule has 1 aromatic carbocycles. The highest BCUT2D eigenvalue weighted by atomic mass is 35.5. The van der Waals surface area contributed by atoms with E-state index in [9.17, 15) is 9.59 Å². The van der Waals surface area contributed by atoms with Gasteiger partial charge in [0.2, 0.25) is 0 Å². The molecule has 1 aliphatic rings. The first-order chi connectivity index (χ1) is 11.7. The van der Waals surface area contributed by atoms with Crippen LogP contribution in [0.25, 0.3) is 0 Å². The highest BCUT2D eigenvalue weighted by Crippen LogP contribution is 2.29. The second-order valence-corrected chi connectivity index (χ2v) is 7.47. The number of methoxy groups -OCH3 is 1. The van der Waals surface area contributed by atoms with Crippen LogP contribution in [0.3, 0.4) is 0 Å². The molecule has 0 unspecified atom stereocenters. The average Bonchev–Trinajstić information content (AvgIpc) is 2.53. The monoisotopic (exact) mass is 368 g/mol. The SMILES string of the molecule is COC(=O)c1ccc(Cl)c(N2CCC(NC(=O)OC(C)(C)C)CC2)c1. The van der Waals surface area contributed by atoms with Crippen LogP contribution in [-0.4, -0.2) is 43.9 Å². The number of esters is 1. The van der Waals surface area contributed by atoms with Crippen LogP contribution >= 0.6 is 11.6 Å². The zero-order valence-electron chi connectivity index (χ0n) is 15.1. The third-order valence-corrected chi connectivity index (χ3v) is 4.24. The highest BCUT2D eigenvalue weighted by molar-refractivity contribution is 6.33. The molecule has 1 aliphatic heterocycles. The molecule has 0 radical (unpaired) electrons. The van der Waals surface area contributed by atoms with E-state index in [0.717, 1.165) is 31.6 Å². The number of alkyl carbamates (subject to hydrolysis) is 1. The fourth-order valence-corrected chi connectivity index (χ4v) is 2.98. The summed E-state index contributed by atoms with van der Waals surface area (Å²) in [6.07, 6.45) is 1.16. The Morgan fingerprint density at radius 3 is 2.44 bits per heavy atom. The summed E-state index contributed by atoms with van der Waals surface area (Å²) in [5.41, 5.74) is 0.767. The number of nitrogens with one attached hydrogen (secondary N) is 1. The molecule has 0 saturated carbocycles. The minimum absolute atomic E-state index is 0.0636. The van der Waals surface area contributed by atoms with E-state index >= 15 is 0 Å². The van der Waals surface area contributed by atoms with Crippen molar-refractivity contribution in [2.45, 2.75) is 45.3 Å². The smallest absolute Gasteiger partial charge is 0.407 e. The van der Waals surface area contributed by atoms with E-state index < -0.39 is 11.7 Å². The second kappa shape index (κ2) is 7.95. The molecule has 0 aromatic heterocycles. The molecule has 1 fully saturated rings. The largest absolute Gasteiger partial charge is 0.465 e. The average molecular weight is 369 g/mol. The number of nitrogens with zero attached hydrogens (tertiary/aromatic N) is 1. The zero-order valence-corrected chi connectivity index (χ0v) is 15.9. The van der Waals surface area contributed by atoms with Crippen LogP contribution in [-0.2, 0) is 9.47 Å². The normalized spacial score (nSPS) is 15.6. The molecule has 1 amide bonds. The van der Waals surface area contributed by atoms with E-state index in [1.54, 1.807) is 18.2 Å². The van der Waals surface area contributed by atoms with E-state index in [4.69, 9.17) is 21.1 Å². The van der Waals surface area contributed by atoms with Gasteiger partial charge in [0.1, 0.15) is 5.60 Å². The van der Waals surface area contributed by atoms with Gasteiger partial charge in [-0.3, -0.25) is 0 Å². The van der Waals surface area contributed by atoms with E-state index in [0.29, 0.717) is 10.6 Å². The number of hydrogen-bond acceptors (Lipinski definition) is 5. The standard InChI is InChI=1S/C18H25ClN2O4/c1-18(2,3)25-17(23)20-13-7-9-21(10-8-13)15-11-12(16(22)24-4)5-6-14(15)19/h5-6,11,13H,7-10H2,1-4H3,(H,20,23). The Labute approximate surface area is 153 Å². The summed E-state index contributed by atoms with van der Waals surface area (Å²) in [6.45, 7) is 6.97. The van der Waals surface area contributed by atoms with E-state index in [1.165, 1.54) is 7.11 Å². The Hall–Kier alpha value is -1.95. The quantitative estimate of drug-likeness (QED) is 0.825. The van der Waals surface area contributed by atoms with Gasteiger partial charge in [0.15, 0.2) is 0 Å². The number of piperidine rings is 1. The van der Waals surface area contributed by atoms with Crippen molar-refractivity contribution in [2.75, 3.05) is 25.1 Å². The lowest BCUT2D eigenvalue weighted by atomic mass is 10.0. The van der Waals surface area contributed by atoms with Gasteiger partial charge >= 0.3 is 12.1 Å². The third kappa shape index (κ3) is 5.53. The fourth-order valence-electron chi connectivity index (χ4n) is 2.74. The molecule has 0 atom stereocenters. The van der Waals surface area contributed by atoms with Crippen molar-refractivity contribution in [2.24, 2.45) is 0 Å². The van der Waals surface area contributed by atoms with E-state index in [1.807, 2.05) is 20.8 Å². The third-order valence-electron chi connectivity index (χ3n) is 3.92. The first-order valence-electron chi connectivity index (χ1n) is 8.32. The number of halogens is 1. The predicted octanol–water partition coefficient (Wildman–Crippen LogP) is 3.62. The molecule has 2 rings (SSSR count). The van der Waals surface area contributed by atoms with Crippen molar-refractivity contribution < 1.29 is 19.1 Å². The van der Waals surface area contributed by atoms with Gasteiger partial charge in [-0.25, -0.2) is 9.59 Å². The molecule has 1 heterocycles. The predicted molar refractivity (Wildman–Crippen MR) is 97.4 cm³/mol. The van der Waals surface area contributed by atoms with Crippen LogP contribution in [0.1, 0.15) is 44.0 Å². The molecule has 0 aliphatic carbocycles. The Morgan fingerprint density at radius 1 is 1.24 bits per heavy atom. The Balaban J connectivity index is 1.96. The van der Waals surface area contributed by atoms with Crippen LogP contribution in [0.15, 0.2) is 18.2 Å². The Morgan fingerprint density at radius 2 is 1.88 bits per heavy atom. The van der Waals surface area contributed by atoms with Gasteiger partial charge in [0.25, 0.3) is 0 Å². The summed E-state index contributed by atoms with van der Waals surface area (Å²) >= 11 is 6.29. The number of rotatable bonds is 3. The summed E-state index contributed by atoms with van der Waals surface area (Å²) in [5.74, 6) is -0.389. The van der Waals surface area contributed by atoms with Crippen LogP contribution in [0.4, 0.5) is 10.5 Å². The van der Waals surface area contributed by atoms with Crippen LogP contribution < -0.4 is 10.2 Å². The van der Waals surface area contributed by atoms with E-state index in [-0.39, 0.29) is 12.0 Å². The number of ether oxygens (including phenoxy) is 2. The molecule has 6 nitrogen and oxygen atoms in total. The molecule has 1 saturated heterocycles. The molecule has 25 heavy (non-hydrogen) atoms. The van der Waals surface area contributed by atoms with Crippen LogP contribution in [0.5, 0.6) is 0 Å². The molecule has 1 aromatic rings. The lowest BCUT2D eigenvalue weighted by molar-refractivity contribution is 0.0496. The molecule has 138 valence electrons. The highest BCUT2D eigenvalue weighted by Gasteiger charge is 2.25. The van der Waals surface area contributed by atoms with Crippen molar-refractivity contribution in [1.29, 1.82) is 0 Å². The van der Waals surface area contributed by atoms with Gasteiger partial charge < -0.3 is 19.7 Å². The van der Waals surface area contributed by atoms with Crippen LogP contribution in [0, 0.1) is 0 Å². The maximum Gasteiger partial charge on any atom is 0.407 e. The molecule has 1 N–H and O–H groups in total. The minimum atomic E-state index is -0.507. The lowest BCUT2D eigenvalue weighted by Crippen LogP contribution is -2.46. The van der Waals surface area contributed by atoms with Crippen molar-refractivity contribution in [3.63, 3.8) is 0 Å². The number of amides is 1. The summed E-state index contributed by atoms with van der Waals surface area (Å²) in [6, 6.07) is 5.16. The van der Waals surface area contributed by atoms with Crippen molar-refractivity contribution >= 4 is 29.4 Å². The number of benzene rings is 1. The van der Waals surface area contributed by atoms with Gasteiger partial charge in [-0.15, -0.1) is 0 Å². The number of hydrogen-bond donors (Lipinski definition) is 1. The molecular formula is C18H25ClN2O4. The first-order valence-corrected chi connectivity index (χ1v) is 8.70. The number of anilines is 1. The molecular weight excluding hydrogens is 344 g/mol. The van der Waals surface area contributed by atoms with Gasteiger partial charge in [-0.1, -0.05) is 11.6 Å². The number of carbonyl (C=O) groups is 2. The van der Waals surface area contributed by atoms with Crippen LogP contribution in [0.2, 0.25) is 5.02 Å². The summed E-state index contributed by atoms with van der Waals surface area (Å²) in [7, 11) is 1.35. The van der Waals surface area contributed by atoms with Crippen molar-refractivity contribution in [1.82, 2.24) is 5.32 Å². The maximum atomic E-state index is 11.9. The summed E-state index contributed by atoms with van der Waals surface area (Å²) in [5, 5.41) is 3.49. The Bertz CT molecular complexity index is 634. The van der Waals surface area contributed by atoms with Gasteiger partial charge in [-0.05, 0) is 51.8 Å². The zero-order chi connectivity index (χ0) is 18.6. The second-order valence-electron chi connectivity index (χ2n) is 7.07. The lowest BCUT2D eigenvalue weighted by Gasteiger charge is -2.34. The van der Waals surface area contributed by atoms with Gasteiger partial charge in [0, 0.05) is 19.1 Å². The summed E-state index contributed by atoms with van der Waals surface area (Å²) < 4.78 is 10.0. The van der Waals surface area contributed by atoms with Gasteiger partial charge in [0.05, 0.1) is 23.4 Å². The first kappa shape index (κ1) is 19.4. The number of carbonyl (C=O) groups excluding carboxylic acids is 2. The van der Waals surface area contributed by atoms with Crippen molar-refractivity contribution in [3.05, 3.63) is 28.8 Å². The summed E-state index contributed by atoms with van der Waals surface area (Å²) in [4.78, 5) is 25.7. The van der Waals surface area contributed by atoms with Crippen molar-refractivity contribution in [3.8, 4) is 0 Å². The maximum absolute atomic E-state index is 11.9.